The highest BCUT2D eigenvalue weighted by molar-refractivity contribution is 9.09. The van der Waals surface area contributed by atoms with Gasteiger partial charge in [-0.2, -0.15) is 0 Å². The van der Waals surface area contributed by atoms with Crippen molar-refractivity contribution in [1.82, 2.24) is 0 Å². The molecule has 0 aliphatic carbocycles. The molecule has 17 heavy (non-hydrogen) atoms. The molecule has 0 N–H and O–H groups in total. The molecule has 0 amide bonds. The highest BCUT2D eigenvalue weighted by atomic mass is 79.9. The summed E-state index contributed by atoms with van der Waals surface area (Å²) in [4.78, 5) is 4.50. The summed E-state index contributed by atoms with van der Waals surface area (Å²) < 4.78 is 11.0. The molecule has 2 rings (SSSR count). The van der Waals surface area contributed by atoms with Gasteiger partial charge >= 0.3 is 0 Å². The Hall–Kier alpha value is -1.29. The van der Waals surface area contributed by atoms with Crippen molar-refractivity contribution in [1.29, 1.82) is 0 Å². The van der Waals surface area contributed by atoms with Crippen LogP contribution in [-0.4, -0.2) is 30.5 Å². The first kappa shape index (κ1) is 12.2. The van der Waals surface area contributed by atoms with Crippen LogP contribution in [0.4, 0.5) is 0 Å². The van der Waals surface area contributed by atoms with Gasteiger partial charge in [0.2, 0.25) is 5.90 Å². The minimum absolute atomic E-state index is 0.00979. The number of alkyl halides is 1. The summed E-state index contributed by atoms with van der Waals surface area (Å²) in [5.74, 6) is 1.45. The Labute approximate surface area is 109 Å². The van der Waals surface area contributed by atoms with Crippen LogP contribution in [0, 0.1) is 0 Å². The van der Waals surface area contributed by atoms with Crippen LogP contribution in [0.2, 0.25) is 0 Å². The van der Waals surface area contributed by atoms with E-state index in [1.807, 2.05) is 24.3 Å². The van der Waals surface area contributed by atoms with Gasteiger partial charge in [0, 0.05) is 10.9 Å². The molecule has 0 spiro atoms. The predicted molar refractivity (Wildman–Crippen MR) is 72.2 cm³/mol. The quantitative estimate of drug-likeness (QED) is 0.632. The third-order valence-electron chi connectivity index (χ3n) is 2.62. The summed E-state index contributed by atoms with van der Waals surface area (Å²) in [6.07, 6.45) is 1.83. The number of ether oxygens (including phenoxy) is 2. The van der Waals surface area contributed by atoms with Gasteiger partial charge in [0.15, 0.2) is 0 Å². The van der Waals surface area contributed by atoms with Crippen molar-refractivity contribution in [2.24, 2.45) is 4.99 Å². The van der Waals surface area contributed by atoms with Gasteiger partial charge in [-0.25, -0.2) is 4.99 Å². The van der Waals surface area contributed by atoms with Gasteiger partial charge in [0.25, 0.3) is 0 Å². The molecular formula is C13H14BrNO2. The lowest BCUT2D eigenvalue weighted by atomic mass is 10.2. The van der Waals surface area contributed by atoms with E-state index in [2.05, 4.69) is 27.5 Å². The Morgan fingerprint density at radius 3 is 3.00 bits per heavy atom. The molecule has 1 aromatic carbocycles. The molecular weight excluding hydrogens is 282 g/mol. The number of nitrogens with zero attached hydrogens (tertiary/aromatic N) is 1. The van der Waals surface area contributed by atoms with Crippen molar-refractivity contribution in [3.05, 3.63) is 42.5 Å². The second kappa shape index (κ2) is 5.36. The van der Waals surface area contributed by atoms with E-state index < -0.39 is 0 Å². The van der Waals surface area contributed by atoms with Crippen LogP contribution in [0.3, 0.4) is 0 Å². The lowest BCUT2D eigenvalue weighted by Crippen LogP contribution is -2.22. The highest BCUT2D eigenvalue weighted by Crippen LogP contribution is 2.22. The molecule has 4 heteroatoms. The number of rotatable bonds is 4. The van der Waals surface area contributed by atoms with Crippen molar-refractivity contribution in [3.8, 4) is 5.75 Å². The molecule has 3 nitrogen and oxygen atoms in total. The van der Waals surface area contributed by atoms with Crippen molar-refractivity contribution < 1.29 is 9.47 Å². The lowest BCUT2D eigenvalue weighted by Gasteiger charge is -2.11. The number of hydrogen-bond acceptors (Lipinski definition) is 3. The monoisotopic (exact) mass is 295 g/mol. The standard InChI is InChI=1S/C13H14BrNO2/c1-3-11-12(8-14)17-13(15-11)9-5-4-6-10(7-9)16-2/h3-7,11-12H,1,8H2,2H3/t11-,12+/m0/s1. The predicted octanol–water partition coefficient (Wildman–Crippen LogP) is 2.79. The number of halogens is 1. The number of aliphatic imine (C=N–C) groups is 1. The fourth-order valence-electron chi connectivity index (χ4n) is 1.69. The minimum Gasteiger partial charge on any atom is -0.497 e. The summed E-state index contributed by atoms with van der Waals surface area (Å²) in [7, 11) is 1.64. The largest absolute Gasteiger partial charge is 0.497 e. The summed E-state index contributed by atoms with van der Waals surface area (Å²) >= 11 is 3.41. The average Bonchev–Trinajstić information content (AvgIpc) is 2.82. The Kier molecular flexibility index (Phi) is 3.84. The van der Waals surface area contributed by atoms with Crippen molar-refractivity contribution in [2.45, 2.75) is 12.1 Å². The Bertz CT molecular complexity index is 445. The Balaban J connectivity index is 2.25. The smallest absolute Gasteiger partial charge is 0.217 e. The minimum atomic E-state index is 0.00979. The van der Waals surface area contributed by atoms with E-state index in [-0.39, 0.29) is 12.1 Å². The van der Waals surface area contributed by atoms with E-state index in [1.165, 1.54) is 0 Å². The first-order valence-corrected chi connectivity index (χ1v) is 6.48. The summed E-state index contributed by atoms with van der Waals surface area (Å²) in [5.41, 5.74) is 0.930. The second-order valence-electron chi connectivity index (χ2n) is 3.70. The topological polar surface area (TPSA) is 30.8 Å². The summed E-state index contributed by atoms with van der Waals surface area (Å²) in [5, 5.41) is 0.737. The number of hydrogen-bond donors (Lipinski definition) is 0. The molecule has 1 aromatic rings. The zero-order valence-electron chi connectivity index (χ0n) is 9.60. The Morgan fingerprint density at radius 1 is 1.59 bits per heavy atom. The van der Waals surface area contributed by atoms with E-state index in [9.17, 15) is 0 Å². The first-order valence-electron chi connectivity index (χ1n) is 5.36. The van der Waals surface area contributed by atoms with Crippen molar-refractivity contribution in [3.63, 3.8) is 0 Å². The van der Waals surface area contributed by atoms with Gasteiger partial charge in [0.05, 0.1) is 7.11 Å². The molecule has 0 saturated carbocycles. The second-order valence-corrected chi connectivity index (χ2v) is 4.35. The van der Waals surface area contributed by atoms with E-state index in [1.54, 1.807) is 13.2 Å². The van der Waals surface area contributed by atoms with Crippen LogP contribution in [0.25, 0.3) is 0 Å². The maximum Gasteiger partial charge on any atom is 0.217 e. The van der Waals surface area contributed by atoms with Crippen LogP contribution in [0.1, 0.15) is 5.56 Å². The lowest BCUT2D eigenvalue weighted by molar-refractivity contribution is 0.233. The fraction of sp³-hybridized carbons (Fsp3) is 0.308. The maximum absolute atomic E-state index is 5.78. The van der Waals surface area contributed by atoms with Gasteiger partial charge in [-0.1, -0.05) is 28.1 Å². The third kappa shape index (κ3) is 2.52. The average molecular weight is 296 g/mol. The van der Waals surface area contributed by atoms with Crippen LogP contribution in [0.5, 0.6) is 5.75 Å². The number of benzene rings is 1. The van der Waals surface area contributed by atoms with Gasteiger partial charge in [-0.05, 0) is 18.2 Å². The fourth-order valence-corrected chi connectivity index (χ4v) is 2.20. The zero-order chi connectivity index (χ0) is 12.3. The molecule has 0 radical (unpaired) electrons. The third-order valence-corrected chi connectivity index (χ3v) is 3.26. The molecule has 2 atom stereocenters. The SMILES string of the molecule is C=C[C@@H]1N=C(c2cccc(OC)c2)O[C@@H]1CBr. The molecule has 0 bridgehead atoms. The van der Waals surface area contributed by atoms with Crippen molar-refractivity contribution in [2.75, 3.05) is 12.4 Å². The van der Waals surface area contributed by atoms with Gasteiger partial charge in [-0.3, -0.25) is 0 Å². The molecule has 0 aromatic heterocycles. The van der Waals surface area contributed by atoms with Crippen molar-refractivity contribution >= 4 is 21.8 Å². The molecule has 1 heterocycles. The molecule has 1 aliphatic rings. The molecule has 0 unspecified atom stereocenters. The first-order chi connectivity index (χ1) is 8.28. The molecule has 1 aliphatic heterocycles. The maximum atomic E-state index is 5.78. The molecule has 0 fully saturated rings. The van der Waals surface area contributed by atoms with Crippen LogP contribution < -0.4 is 4.74 Å². The molecule has 90 valence electrons. The van der Waals surface area contributed by atoms with E-state index in [0.717, 1.165) is 16.6 Å². The van der Waals surface area contributed by atoms with E-state index >= 15 is 0 Å². The zero-order valence-corrected chi connectivity index (χ0v) is 11.2. The van der Waals surface area contributed by atoms with Gasteiger partial charge < -0.3 is 9.47 Å². The van der Waals surface area contributed by atoms with Gasteiger partial charge in [-0.15, -0.1) is 6.58 Å². The van der Waals surface area contributed by atoms with Crippen LogP contribution in [-0.2, 0) is 4.74 Å². The normalized spacial score (nSPS) is 22.8. The van der Waals surface area contributed by atoms with Gasteiger partial charge in [0.1, 0.15) is 17.9 Å². The van der Waals surface area contributed by atoms with E-state index in [4.69, 9.17) is 9.47 Å². The highest BCUT2D eigenvalue weighted by Gasteiger charge is 2.28. The van der Waals surface area contributed by atoms with Crippen LogP contribution in [0.15, 0.2) is 41.9 Å². The Morgan fingerprint density at radius 2 is 2.41 bits per heavy atom. The number of methoxy groups -OCH3 is 1. The summed E-state index contributed by atoms with van der Waals surface area (Å²) in [6, 6.07) is 7.69. The van der Waals surface area contributed by atoms with Crippen LogP contribution >= 0.6 is 15.9 Å². The molecule has 0 saturated heterocycles. The van der Waals surface area contributed by atoms with E-state index in [0.29, 0.717) is 5.90 Å². The summed E-state index contributed by atoms with van der Waals surface area (Å²) in [6.45, 7) is 3.77.